The Balaban J connectivity index is 2.08. The molecule has 1 aromatic heterocycles. The molecule has 0 aliphatic carbocycles. The number of hydrogen-bond acceptors (Lipinski definition) is 4. The van der Waals surface area contributed by atoms with Gasteiger partial charge in [0.2, 0.25) is 0 Å². The molecule has 0 bridgehead atoms. The number of aromatic nitrogens is 2. The van der Waals surface area contributed by atoms with E-state index in [0.717, 1.165) is 25.8 Å². The van der Waals surface area contributed by atoms with Gasteiger partial charge in [-0.25, -0.2) is 9.97 Å². The number of piperidine rings is 1. The van der Waals surface area contributed by atoms with Crippen LogP contribution in [0.15, 0.2) is 12.4 Å². The second-order valence-corrected chi connectivity index (χ2v) is 6.72. The van der Waals surface area contributed by atoms with Crippen molar-refractivity contribution < 1.29 is 4.79 Å². The van der Waals surface area contributed by atoms with Crippen LogP contribution in [0.4, 0.5) is 5.82 Å². The zero-order chi connectivity index (χ0) is 15.5. The van der Waals surface area contributed by atoms with Crippen LogP contribution in [0.5, 0.6) is 0 Å². The minimum absolute atomic E-state index is 0.0105. The lowest BCUT2D eigenvalue weighted by atomic mass is 10.00. The number of carbonyl (C=O) groups is 1. The summed E-state index contributed by atoms with van der Waals surface area (Å²) in [6, 6.07) is 0.348. The van der Waals surface area contributed by atoms with Crippen LogP contribution in [-0.2, 0) is 0 Å². The molecule has 116 valence electrons. The predicted octanol–water partition coefficient (Wildman–Crippen LogP) is 3.09. The highest BCUT2D eigenvalue weighted by Gasteiger charge is 2.27. The van der Waals surface area contributed by atoms with Gasteiger partial charge in [0.1, 0.15) is 11.5 Å². The quantitative estimate of drug-likeness (QED) is 0.929. The topological polar surface area (TPSA) is 58.1 Å². The average Bonchev–Trinajstić information content (AvgIpc) is 2.45. The zero-order valence-corrected chi connectivity index (χ0v) is 13.5. The largest absolute Gasteiger partial charge is 0.364 e. The second kappa shape index (κ2) is 6.41. The molecule has 1 aliphatic rings. The minimum Gasteiger partial charge on any atom is -0.364 e. The van der Waals surface area contributed by atoms with E-state index >= 15 is 0 Å². The molecule has 1 atom stereocenters. The number of carbonyl (C=O) groups excluding carboxylic acids is 1. The highest BCUT2D eigenvalue weighted by Crippen LogP contribution is 2.21. The molecular formula is C16H26N4O. The van der Waals surface area contributed by atoms with Crippen molar-refractivity contribution in [2.24, 2.45) is 0 Å². The molecule has 1 fully saturated rings. The first kappa shape index (κ1) is 15.7. The molecule has 1 saturated heterocycles. The summed E-state index contributed by atoms with van der Waals surface area (Å²) in [6.45, 7) is 9.16. The van der Waals surface area contributed by atoms with Crippen LogP contribution in [-0.4, -0.2) is 38.9 Å². The van der Waals surface area contributed by atoms with Gasteiger partial charge in [-0.15, -0.1) is 0 Å². The van der Waals surface area contributed by atoms with Crippen LogP contribution in [0.3, 0.4) is 0 Å². The van der Waals surface area contributed by atoms with Crippen molar-refractivity contribution in [3.8, 4) is 0 Å². The summed E-state index contributed by atoms with van der Waals surface area (Å²) in [5, 5.41) is 3.25. The highest BCUT2D eigenvalue weighted by molar-refractivity contribution is 5.92. The zero-order valence-electron chi connectivity index (χ0n) is 13.5. The third-order valence-corrected chi connectivity index (χ3v) is 3.73. The maximum absolute atomic E-state index is 12.6. The van der Waals surface area contributed by atoms with E-state index in [1.807, 2.05) is 4.90 Å². The minimum atomic E-state index is -0.0691. The Morgan fingerprint density at radius 1 is 1.33 bits per heavy atom. The van der Waals surface area contributed by atoms with E-state index in [-0.39, 0.29) is 11.4 Å². The number of likely N-dealkylation sites (tertiary alicyclic amines) is 1. The fraction of sp³-hybridized carbons (Fsp3) is 0.688. The molecule has 5 heteroatoms. The normalized spacial score (nSPS) is 19.4. The monoisotopic (exact) mass is 290 g/mol. The Bertz CT molecular complexity index is 478. The van der Waals surface area contributed by atoms with E-state index in [1.54, 1.807) is 12.4 Å². The van der Waals surface area contributed by atoms with Crippen molar-refractivity contribution in [2.45, 2.75) is 65.0 Å². The van der Waals surface area contributed by atoms with Gasteiger partial charge >= 0.3 is 0 Å². The van der Waals surface area contributed by atoms with Gasteiger partial charge in [0, 0.05) is 18.1 Å². The highest BCUT2D eigenvalue weighted by atomic mass is 16.2. The fourth-order valence-corrected chi connectivity index (χ4v) is 2.73. The molecule has 0 radical (unpaired) electrons. The van der Waals surface area contributed by atoms with Crippen molar-refractivity contribution in [3.05, 3.63) is 18.1 Å². The fourth-order valence-electron chi connectivity index (χ4n) is 2.73. The SMILES string of the molecule is CCC1CCCCN1C(=O)c1cnc(NC(C)(C)C)cn1. The van der Waals surface area contributed by atoms with Gasteiger partial charge in [-0.3, -0.25) is 4.79 Å². The molecule has 2 heterocycles. The van der Waals surface area contributed by atoms with Crippen LogP contribution in [0.2, 0.25) is 0 Å². The smallest absolute Gasteiger partial charge is 0.274 e. The lowest BCUT2D eigenvalue weighted by Crippen LogP contribution is -2.43. The Kier molecular flexibility index (Phi) is 4.80. The van der Waals surface area contributed by atoms with Gasteiger partial charge in [0.05, 0.1) is 12.4 Å². The Labute approximate surface area is 127 Å². The predicted molar refractivity (Wildman–Crippen MR) is 84.4 cm³/mol. The van der Waals surface area contributed by atoms with Crippen molar-refractivity contribution in [3.63, 3.8) is 0 Å². The van der Waals surface area contributed by atoms with E-state index in [1.165, 1.54) is 6.42 Å². The maximum atomic E-state index is 12.6. The Hall–Kier alpha value is -1.65. The molecule has 0 spiro atoms. The summed E-state index contributed by atoms with van der Waals surface area (Å²) in [5.41, 5.74) is 0.371. The van der Waals surface area contributed by atoms with Crippen molar-refractivity contribution >= 4 is 11.7 Å². The number of nitrogens with one attached hydrogen (secondary N) is 1. The Morgan fingerprint density at radius 2 is 2.10 bits per heavy atom. The van der Waals surface area contributed by atoms with E-state index in [9.17, 15) is 4.79 Å². The maximum Gasteiger partial charge on any atom is 0.274 e. The van der Waals surface area contributed by atoms with E-state index in [4.69, 9.17) is 0 Å². The molecule has 1 aromatic rings. The molecule has 1 N–H and O–H groups in total. The van der Waals surface area contributed by atoms with Crippen LogP contribution in [0, 0.1) is 0 Å². The van der Waals surface area contributed by atoms with Crippen LogP contribution in [0.25, 0.3) is 0 Å². The van der Waals surface area contributed by atoms with Crippen LogP contribution < -0.4 is 5.32 Å². The standard InChI is InChI=1S/C16H26N4O/c1-5-12-8-6-7-9-20(12)15(21)13-10-18-14(11-17-13)19-16(2,3)4/h10-12H,5-9H2,1-4H3,(H,18,19). The summed E-state index contributed by atoms with van der Waals surface area (Å²) in [6.07, 6.45) is 7.62. The first-order valence-electron chi connectivity index (χ1n) is 7.82. The van der Waals surface area contributed by atoms with Crippen LogP contribution >= 0.6 is 0 Å². The molecule has 0 saturated carbocycles. The average molecular weight is 290 g/mol. The number of nitrogens with zero attached hydrogens (tertiary/aromatic N) is 3. The first-order chi connectivity index (χ1) is 9.90. The van der Waals surface area contributed by atoms with Gasteiger partial charge in [0.15, 0.2) is 0 Å². The number of rotatable bonds is 3. The number of hydrogen-bond donors (Lipinski definition) is 1. The molecule has 0 aromatic carbocycles. The van der Waals surface area contributed by atoms with E-state index in [2.05, 4.69) is 43.0 Å². The van der Waals surface area contributed by atoms with E-state index < -0.39 is 0 Å². The first-order valence-corrected chi connectivity index (χ1v) is 7.82. The summed E-state index contributed by atoms with van der Waals surface area (Å²) in [4.78, 5) is 23.1. The van der Waals surface area contributed by atoms with Gasteiger partial charge in [-0.1, -0.05) is 6.92 Å². The molecule has 1 unspecified atom stereocenters. The van der Waals surface area contributed by atoms with Crippen molar-refractivity contribution in [2.75, 3.05) is 11.9 Å². The van der Waals surface area contributed by atoms with Crippen molar-refractivity contribution in [1.82, 2.24) is 14.9 Å². The molecule has 1 amide bonds. The molecule has 21 heavy (non-hydrogen) atoms. The molecule has 5 nitrogen and oxygen atoms in total. The third kappa shape index (κ3) is 4.16. The van der Waals surface area contributed by atoms with Gasteiger partial charge in [-0.05, 0) is 46.5 Å². The second-order valence-electron chi connectivity index (χ2n) is 6.72. The van der Waals surface area contributed by atoms with Gasteiger partial charge in [-0.2, -0.15) is 0 Å². The lowest BCUT2D eigenvalue weighted by molar-refractivity contribution is 0.0601. The number of amides is 1. The third-order valence-electron chi connectivity index (χ3n) is 3.73. The van der Waals surface area contributed by atoms with Gasteiger partial charge in [0.25, 0.3) is 5.91 Å². The van der Waals surface area contributed by atoms with Crippen molar-refractivity contribution in [1.29, 1.82) is 0 Å². The van der Waals surface area contributed by atoms with Crippen LogP contribution in [0.1, 0.15) is 63.9 Å². The lowest BCUT2D eigenvalue weighted by Gasteiger charge is -2.35. The molecular weight excluding hydrogens is 264 g/mol. The van der Waals surface area contributed by atoms with Gasteiger partial charge < -0.3 is 10.2 Å². The van der Waals surface area contributed by atoms with E-state index in [0.29, 0.717) is 17.6 Å². The summed E-state index contributed by atoms with van der Waals surface area (Å²) in [7, 11) is 0. The molecule has 1 aliphatic heterocycles. The summed E-state index contributed by atoms with van der Waals surface area (Å²) >= 11 is 0. The number of anilines is 1. The summed E-state index contributed by atoms with van der Waals surface area (Å²) in [5.74, 6) is 0.709. The molecule has 2 rings (SSSR count). The summed E-state index contributed by atoms with van der Waals surface area (Å²) < 4.78 is 0. The Morgan fingerprint density at radius 3 is 2.67 bits per heavy atom.